The average Bonchev–Trinajstić information content (AvgIpc) is 3.03. The molecule has 0 saturated heterocycles. The van der Waals surface area contributed by atoms with Crippen LogP contribution in [0.5, 0.6) is 0 Å². The van der Waals surface area contributed by atoms with E-state index < -0.39 is 0 Å². The Morgan fingerprint density at radius 2 is 1.81 bits per heavy atom. The van der Waals surface area contributed by atoms with Crippen molar-refractivity contribution in [1.82, 2.24) is 5.32 Å². The third-order valence-electron chi connectivity index (χ3n) is 3.36. The second-order valence-corrected chi connectivity index (χ2v) is 6.76. The van der Waals surface area contributed by atoms with Crippen LogP contribution in [0, 0.1) is 0 Å². The molecule has 0 aliphatic rings. The first-order chi connectivity index (χ1) is 10.3. The summed E-state index contributed by atoms with van der Waals surface area (Å²) in [5, 5.41) is 5.80. The Kier molecular flexibility index (Phi) is 4.86. The van der Waals surface area contributed by atoms with Gasteiger partial charge in [0, 0.05) is 15.9 Å². The number of rotatable bonds is 5. The lowest BCUT2D eigenvalue weighted by atomic mass is 10.0. The highest BCUT2D eigenvalue weighted by Gasteiger charge is 2.14. The van der Waals surface area contributed by atoms with Gasteiger partial charge in [-0.05, 0) is 34.7 Å². The molecule has 0 saturated carbocycles. The van der Waals surface area contributed by atoms with Gasteiger partial charge >= 0.3 is 0 Å². The Labute approximate surface area is 137 Å². The summed E-state index contributed by atoms with van der Waals surface area (Å²) >= 11 is 5.32. The summed E-state index contributed by atoms with van der Waals surface area (Å²) in [6.07, 6.45) is 0. The lowest BCUT2D eigenvalue weighted by Gasteiger charge is -2.18. The van der Waals surface area contributed by atoms with Gasteiger partial charge in [0.05, 0.1) is 6.04 Å². The van der Waals surface area contributed by atoms with Gasteiger partial charge in [-0.1, -0.05) is 64.5 Å². The summed E-state index contributed by atoms with van der Waals surface area (Å²) in [5.74, 6) is 0. The third-order valence-corrected chi connectivity index (χ3v) is 4.79. The van der Waals surface area contributed by atoms with Crippen LogP contribution in [0.15, 0.2) is 76.6 Å². The van der Waals surface area contributed by atoms with Crippen molar-refractivity contribution in [3.05, 3.63) is 92.6 Å². The summed E-state index contributed by atoms with van der Waals surface area (Å²) in [5.41, 5.74) is 2.58. The number of benzene rings is 2. The van der Waals surface area contributed by atoms with Crippen molar-refractivity contribution in [3.8, 4) is 0 Å². The smallest absolute Gasteiger partial charge is 0.0673 e. The number of thiophene rings is 1. The van der Waals surface area contributed by atoms with Crippen molar-refractivity contribution in [2.45, 2.75) is 12.6 Å². The Morgan fingerprint density at radius 3 is 2.52 bits per heavy atom. The highest BCUT2D eigenvalue weighted by Crippen LogP contribution is 2.26. The molecule has 3 heteroatoms. The van der Waals surface area contributed by atoms with Crippen LogP contribution in [-0.2, 0) is 6.54 Å². The maximum absolute atomic E-state index is 3.67. The molecule has 3 rings (SSSR count). The molecule has 1 nitrogen and oxygen atoms in total. The predicted octanol–water partition coefficient (Wildman–Crippen LogP) is 5.39. The largest absolute Gasteiger partial charge is 0.301 e. The maximum atomic E-state index is 3.67. The van der Waals surface area contributed by atoms with Crippen LogP contribution in [0.3, 0.4) is 0 Å². The summed E-state index contributed by atoms with van der Waals surface area (Å²) in [4.78, 5) is 1.34. The van der Waals surface area contributed by atoms with E-state index in [0.717, 1.165) is 11.0 Å². The van der Waals surface area contributed by atoms with Gasteiger partial charge in [0.25, 0.3) is 0 Å². The van der Waals surface area contributed by atoms with Gasteiger partial charge in [0.15, 0.2) is 0 Å². The molecule has 0 spiro atoms. The molecule has 21 heavy (non-hydrogen) atoms. The van der Waals surface area contributed by atoms with Gasteiger partial charge in [-0.25, -0.2) is 0 Å². The lowest BCUT2D eigenvalue weighted by Crippen LogP contribution is -2.21. The van der Waals surface area contributed by atoms with Gasteiger partial charge in [-0.3, -0.25) is 0 Å². The molecule has 0 radical (unpaired) electrons. The van der Waals surface area contributed by atoms with E-state index in [9.17, 15) is 0 Å². The quantitative estimate of drug-likeness (QED) is 0.645. The number of hydrogen-bond donors (Lipinski definition) is 1. The zero-order valence-corrected chi connectivity index (χ0v) is 13.9. The fourth-order valence-corrected chi connectivity index (χ4v) is 3.62. The Balaban J connectivity index is 1.80. The summed E-state index contributed by atoms with van der Waals surface area (Å²) < 4.78 is 1.12. The number of nitrogens with one attached hydrogen (secondary N) is 1. The molecule has 0 aliphatic heterocycles. The summed E-state index contributed by atoms with van der Waals surface area (Å²) in [6.45, 7) is 0.844. The van der Waals surface area contributed by atoms with E-state index in [-0.39, 0.29) is 6.04 Å². The molecule has 3 aromatic rings. The Hall–Kier alpha value is -1.42. The Morgan fingerprint density at radius 1 is 0.952 bits per heavy atom. The van der Waals surface area contributed by atoms with Crippen LogP contribution in [0.2, 0.25) is 0 Å². The number of halogens is 1. The van der Waals surface area contributed by atoms with Crippen molar-refractivity contribution < 1.29 is 0 Å². The molecular weight excluding hydrogens is 342 g/mol. The molecule has 1 N–H and O–H groups in total. The van der Waals surface area contributed by atoms with Crippen LogP contribution >= 0.6 is 27.3 Å². The highest BCUT2D eigenvalue weighted by molar-refractivity contribution is 9.10. The lowest BCUT2D eigenvalue weighted by molar-refractivity contribution is 0.613. The first kappa shape index (κ1) is 14.5. The van der Waals surface area contributed by atoms with E-state index in [1.807, 2.05) is 0 Å². The molecule has 1 atom stereocenters. The van der Waals surface area contributed by atoms with Crippen molar-refractivity contribution >= 4 is 27.3 Å². The molecular formula is C18H16BrNS. The molecule has 0 bridgehead atoms. The highest BCUT2D eigenvalue weighted by atomic mass is 79.9. The minimum Gasteiger partial charge on any atom is -0.301 e. The van der Waals surface area contributed by atoms with Gasteiger partial charge in [-0.15, -0.1) is 11.3 Å². The van der Waals surface area contributed by atoms with Crippen LogP contribution in [0.4, 0.5) is 0 Å². The first-order valence-electron chi connectivity index (χ1n) is 6.89. The standard InChI is InChI=1S/C18H16BrNS/c19-16-9-4-6-14(12-16)13-20-18(17-10-5-11-21-17)15-7-2-1-3-8-15/h1-12,18,20H,13H2. The van der Waals surface area contributed by atoms with Gasteiger partial charge < -0.3 is 5.32 Å². The molecule has 1 heterocycles. The topological polar surface area (TPSA) is 12.0 Å². The van der Waals surface area contributed by atoms with E-state index in [4.69, 9.17) is 0 Å². The van der Waals surface area contributed by atoms with Crippen molar-refractivity contribution in [2.24, 2.45) is 0 Å². The first-order valence-corrected chi connectivity index (χ1v) is 8.56. The summed E-state index contributed by atoms with van der Waals surface area (Å²) in [7, 11) is 0. The second kappa shape index (κ2) is 7.03. The number of hydrogen-bond acceptors (Lipinski definition) is 2. The Bertz CT molecular complexity index is 679. The van der Waals surface area contributed by atoms with E-state index in [2.05, 4.69) is 93.4 Å². The molecule has 0 amide bonds. The van der Waals surface area contributed by atoms with Crippen LogP contribution in [0.1, 0.15) is 22.0 Å². The zero-order valence-electron chi connectivity index (χ0n) is 11.5. The van der Waals surface area contributed by atoms with Crippen LogP contribution in [-0.4, -0.2) is 0 Å². The zero-order chi connectivity index (χ0) is 14.5. The molecule has 1 unspecified atom stereocenters. The second-order valence-electron chi connectivity index (χ2n) is 4.87. The summed E-state index contributed by atoms with van der Waals surface area (Å²) in [6, 6.07) is 23.6. The van der Waals surface area contributed by atoms with Crippen LogP contribution in [0.25, 0.3) is 0 Å². The minimum absolute atomic E-state index is 0.241. The fraction of sp³-hybridized carbons (Fsp3) is 0.111. The van der Waals surface area contributed by atoms with Crippen LogP contribution < -0.4 is 5.32 Å². The average molecular weight is 358 g/mol. The molecule has 0 aliphatic carbocycles. The van der Waals surface area contributed by atoms with Crippen molar-refractivity contribution in [1.29, 1.82) is 0 Å². The monoisotopic (exact) mass is 357 g/mol. The van der Waals surface area contributed by atoms with E-state index in [1.165, 1.54) is 16.0 Å². The van der Waals surface area contributed by atoms with Crippen molar-refractivity contribution in [3.63, 3.8) is 0 Å². The van der Waals surface area contributed by atoms with E-state index in [0.29, 0.717) is 0 Å². The SMILES string of the molecule is Brc1cccc(CNC(c2ccccc2)c2cccs2)c1. The normalized spacial score (nSPS) is 12.2. The van der Waals surface area contributed by atoms with Gasteiger partial charge in [-0.2, -0.15) is 0 Å². The molecule has 0 fully saturated rings. The predicted molar refractivity (Wildman–Crippen MR) is 93.6 cm³/mol. The van der Waals surface area contributed by atoms with Crippen molar-refractivity contribution in [2.75, 3.05) is 0 Å². The molecule has 1 aromatic heterocycles. The third kappa shape index (κ3) is 3.82. The van der Waals surface area contributed by atoms with Gasteiger partial charge in [0.1, 0.15) is 0 Å². The van der Waals surface area contributed by atoms with E-state index in [1.54, 1.807) is 11.3 Å². The maximum Gasteiger partial charge on any atom is 0.0673 e. The molecule has 106 valence electrons. The van der Waals surface area contributed by atoms with E-state index >= 15 is 0 Å². The minimum atomic E-state index is 0.241. The van der Waals surface area contributed by atoms with Gasteiger partial charge in [0.2, 0.25) is 0 Å². The molecule has 2 aromatic carbocycles. The fourth-order valence-electron chi connectivity index (χ4n) is 2.35.